The van der Waals surface area contributed by atoms with E-state index >= 15 is 0 Å². The first-order chi connectivity index (χ1) is 13.0. The summed E-state index contributed by atoms with van der Waals surface area (Å²) in [5.74, 6) is -0.999. The summed E-state index contributed by atoms with van der Waals surface area (Å²) in [6, 6.07) is 22.6. The van der Waals surface area contributed by atoms with Crippen molar-refractivity contribution < 1.29 is 17.9 Å². The van der Waals surface area contributed by atoms with Gasteiger partial charge in [0.05, 0.1) is 4.90 Å². The van der Waals surface area contributed by atoms with Crippen LogP contribution in [-0.4, -0.2) is 19.6 Å². The Hall–Kier alpha value is -2.44. The molecule has 2 unspecified atom stereocenters. The molecule has 0 saturated carbocycles. The largest absolute Gasteiger partial charge is 0.425 e. The van der Waals surface area contributed by atoms with Gasteiger partial charge in [-0.15, -0.1) is 0 Å². The minimum absolute atomic E-state index is 0.0907. The van der Waals surface area contributed by atoms with Gasteiger partial charge in [0.25, 0.3) is 0 Å². The molecule has 136 valence electrons. The highest BCUT2D eigenvalue weighted by atomic mass is 79.9. The van der Waals surface area contributed by atoms with Gasteiger partial charge in [-0.3, -0.25) is 4.79 Å². The van der Waals surface area contributed by atoms with Gasteiger partial charge < -0.3 is 4.74 Å². The second kappa shape index (κ2) is 6.94. The normalized spacial score (nSPS) is 19.2. The van der Waals surface area contributed by atoms with Crippen LogP contribution in [0.3, 0.4) is 0 Å². The molecule has 6 heteroatoms. The second-order valence-corrected chi connectivity index (χ2v) is 9.25. The lowest BCUT2D eigenvalue weighted by Gasteiger charge is -2.32. The molecule has 0 radical (unpaired) electrons. The number of halogens is 1. The molecule has 3 aromatic carbocycles. The van der Waals surface area contributed by atoms with Gasteiger partial charge in [-0.2, -0.15) is 0 Å². The van der Waals surface area contributed by atoms with E-state index in [1.165, 1.54) is 12.1 Å². The van der Waals surface area contributed by atoms with Gasteiger partial charge in [0.1, 0.15) is 5.75 Å². The van der Waals surface area contributed by atoms with Crippen molar-refractivity contribution in [3.63, 3.8) is 0 Å². The van der Waals surface area contributed by atoms with E-state index in [1.54, 1.807) is 24.3 Å². The van der Waals surface area contributed by atoms with Crippen LogP contribution in [-0.2, 0) is 14.6 Å². The third-order valence-corrected chi connectivity index (χ3v) is 7.23. The minimum Gasteiger partial charge on any atom is -0.425 e. The zero-order valence-electron chi connectivity index (χ0n) is 14.1. The van der Waals surface area contributed by atoms with E-state index in [0.29, 0.717) is 11.3 Å². The van der Waals surface area contributed by atoms with Crippen LogP contribution in [0.4, 0.5) is 0 Å². The van der Waals surface area contributed by atoms with E-state index < -0.39 is 27.0 Å². The topological polar surface area (TPSA) is 60.4 Å². The van der Waals surface area contributed by atoms with Gasteiger partial charge in [-0.25, -0.2) is 8.42 Å². The van der Waals surface area contributed by atoms with Crippen molar-refractivity contribution in [3.8, 4) is 5.75 Å². The van der Waals surface area contributed by atoms with Gasteiger partial charge in [0.2, 0.25) is 0 Å². The summed E-state index contributed by atoms with van der Waals surface area (Å²) < 4.78 is 32.9. The third-order valence-electron chi connectivity index (χ3n) is 4.63. The fraction of sp³-hybridized carbons (Fsp3) is 0.0952. The maximum Gasteiger partial charge on any atom is 0.331 e. The van der Waals surface area contributed by atoms with Gasteiger partial charge in [-0.1, -0.05) is 64.5 Å². The number of fused-ring (bicyclic) bond motifs is 1. The summed E-state index contributed by atoms with van der Waals surface area (Å²) in [4.78, 5) is 12.9. The van der Waals surface area contributed by atoms with Crippen LogP contribution in [0.2, 0.25) is 0 Å². The van der Waals surface area contributed by atoms with E-state index in [4.69, 9.17) is 4.74 Å². The fourth-order valence-corrected chi connectivity index (χ4v) is 5.42. The molecule has 4 rings (SSSR count). The highest BCUT2D eigenvalue weighted by Gasteiger charge is 2.47. The molecule has 4 nitrogen and oxygen atoms in total. The molecule has 0 N–H and O–H groups in total. The molecule has 3 aromatic rings. The van der Waals surface area contributed by atoms with Gasteiger partial charge in [0, 0.05) is 16.0 Å². The van der Waals surface area contributed by atoms with E-state index in [1.807, 2.05) is 42.5 Å². The van der Waals surface area contributed by atoms with Crippen molar-refractivity contribution in [1.82, 2.24) is 0 Å². The number of sulfone groups is 1. The molecule has 27 heavy (non-hydrogen) atoms. The standard InChI is InChI=1S/C21H15BrO4S/c22-15-10-12-16(13-11-15)27(24,25)20-19(14-6-2-1-3-7-14)17-8-4-5-9-18(17)26-21(20)23/h1-13,19-20H. The lowest BCUT2D eigenvalue weighted by Crippen LogP contribution is -2.42. The summed E-state index contributed by atoms with van der Waals surface area (Å²) >= 11 is 3.30. The monoisotopic (exact) mass is 442 g/mol. The molecule has 1 aliphatic rings. The Kier molecular flexibility index (Phi) is 4.61. The lowest BCUT2D eigenvalue weighted by atomic mass is 9.86. The number of benzene rings is 3. The van der Waals surface area contributed by atoms with Crippen molar-refractivity contribution in [2.75, 3.05) is 0 Å². The van der Waals surface area contributed by atoms with Gasteiger partial charge in [0.15, 0.2) is 15.1 Å². The smallest absolute Gasteiger partial charge is 0.331 e. The fourth-order valence-electron chi connectivity index (χ4n) is 3.39. The maximum atomic E-state index is 13.4. The molecule has 0 fully saturated rings. The van der Waals surface area contributed by atoms with Crippen LogP contribution >= 0.6 is 15.9 Å². The SMILES string of the molecule is O=C1Oc2ccccc2C(c2ccccc2)C1S(=O)(=O)c1ccc(Br)cc1. The van der Waals surface area contributed by atoms with Crippen LogP contribution in [0.1, 0.15) is 17.0 Å². The number of rotatable bonds is 3. The number of hydrogen-bond acceptors (Lipinski definition) is 4. The molecule has 2 atom stereocenters. The zero-order chi connectivity index (χ0) is 19.0. The first-order valence-electron chi connectivity index (χ1n) is 8.33. The Balaban J connectivity index is 1.92. The van der Waals surface area contributed by atoms with Crippen molar-refractivity contribution in [3.05, 3.63) is 94.5 Å². The van der Waals surface area contributed by atoms with E-state index in [0.717, 1.165) is 10.0 Å². The number of ether oxygens (including phenoxy) is 1. The third kappa shape index (κ3) is 3.19. The lowest BCUT2D eigenvalue weighted by molar-refractivity contribution is -0.135. The van der Waals surface area contributed by atoms with Gasteiger partial charge in [-0.05, 0) is 35.9 Å². The highest BCUT2D eigenvalue weighted by molar-refractivity contribution is 9.10. The maximum absolute atomic E-state index is 13.4. The highest BCUT2D eigenvalue weighted by Crippen LogP contribution is 2.42. The Morgan fingerprint density at radius 1 is 0.815 bits per heavy atom. The predicted molar refractivity (Wildman–Crippen MR) is 105 cm³/mol. The Morgan fingerprint density at radius 2 is 1.44 bits per heavy atom. The molecule has 0 amide bonds. The van der Waals surface area contributed by atoms with Crippen LogP contribution < -0.4 is 4.74 Å². The van der Waals surface area contributed by atoms with Crippen molar-refractivity contribution in [2.45, 2.75) is 16.1 Å². The van der Waals surface area contributed by atoms with E-state index in [9.17, 15) is 13.2 Å². The molecular formula is C21H15BrO4S. The molecule has 0 saturated heterocycles. The van der Waals surface area contributed by atoms with Crippen molar-refractivity contribution >= 4 is 31.7 Å². The number of carbonyl (C=O) groups excluding carboxylic acids is 1. The first kappa shape index (κ1) is 17.9. The number of para-hydroxylation sites is 1. The summed E-state index contributed by atoms with van der Waals surface area (Å²) in [7, 11) is -3.96. The molecule has 0 aliphatic carbocycles. The van der Waals surface area contributed by atoms with Gasteiger partial charge >= 0.3 is 5.97 Å². The summed E-state index contributed by atoms with van der Waals surface area (Å²) in [5.41, 5.74) is 1.45. The van der Waals surface area contributed by atoms with Crippen LogP contribution in [0.5, 0.6) is 5.75 Å². The summed E-state index contributed by atoms with van der Waals surface area (Å²) in [6.45, 7) is 0. The quantitative estimate of drug-likeness (QED) is 0.446. The number of hydrogen-bond donors (Lipinski definition) is 0. The molecule has 1 heterocycles. The Bertz CT molecular complexity index is 1090. The number of esters is 1. The Labute approximate surface area is 165 Å². The van der Waals surface area contributed by atoms with Crippen LogP contribution in [0.25, 0.3) is 0 Å². The molecule has 0 aromatic heterocycles. The molecular weight excluding hydrogens is 428 g/mol. The minimum atomic E-state index is -3.96. The first-order valence-corrected chi connectivity index (χ1v) is 10.7. The van der Waals surface area contributed by atoms with E-state index in [2.05, 4.69) is 15.9 Å². The Morgan fingerprint density at radius 3 is 2.15 bits per heavy atom. The number of carbonyl (C=O) groups is 1. The summed E-state index contributed by atoms with van der Waals surface area (Å²) in [5, 5.41) is -1.35. The average Bonchev–Trinajstić information content (AvgIpc) is 2.67. The van der Waals surface area contributed by atoms with E-state index in [-0.39, 0.29) is 4.90 Å². The predicted octanol–water partition coefficient (Wildman–Crippen LogP) is 4.34. The van der Waals surface area contributed by atoms with Crippen LogP contribution in [0.15, 0.2) is 88.2 Å². The average molecular weight is 443 g/mol. The van der Waals surface area contributed by atoms with Crippen molar-refractivity contribution in [1.29, 1.82) is 0 Å². The van der Waals surface area contributed by atoms with Crippen molar-refractivity contribution in [2.24, 2.45) is 0 Å². The molecule has 1 aliphatic heterocycles. The molecule has 0 spiro atoms. The molecule has 0 bridgehead atoms. The summed E-state index contributed by atoms with van der Waals surface area (Å²) in [6.07, 6.45) is 0. The van der Waals surface area contributed by atoms with Crippen LogP contribution in [0, 0.1) is 0 Å². The second-order valence-electron chi connectivity index (χ2n) is 6.27. The zero-order valence-corrected chi connectivity index (χ0v) is 16.5.